The minimum atomic E-state index is -0.368. The topological polar surface area (TPSA) is 40.6 Å². The van der Waals surface area contributed by atoms with E-state index in [2.05, 4.69) is 0 Å². The van der Waals surface area contributed by atoms with Crippen LogP contribution in [0.25, 0.3) is 0 Å². The fraction of sp³-hybridized carbons (Fsp3) is 0.400. The Kier molecular flexibility index (Phi) is 5.71. The van der Waals surface area contributed by atoms with E-state index in [9.17, 15) is 14.0 Å². The van der Waals surface area contributed by atoms with Gasteiger partial charge in [0.25, 0.3) is 5.91 Å². The van der Waals surface area contributed by atoms with Crippen LogP contribution in [0.15, 0.2) is 29.6 Å². The van der Waals surface area contributed by atoms with Crippen LogP contribution in [0.1, 0.15) is 45.4 Å². The summed E-state index contributed by atoms with van der Waals surface area (Å²) in [5.74, 6) is -0.341. The van der Waals surface area contributed by atoms with E-state index in [1.807, 2.05) is 41.2 Å². The van der Waals surface area contributed by atoms with Crippen LogP contribution >= 0.6 is 11.3 Å². The molecule has 0 saturated carbocycles. The number of carbonyl (C=O) groups is 2. The number of aryl methyl sites for hydroxylation is 1. The van der Waals surface area contributed by atoms with Crippen molar-refractivity contribution in [1.82, 2.24) is 4.90 Å². The Labute approximate surface area is 157 Å². The van der Waals surface area contributed by atoms with Gasteiger partial charge in [-0.05, 0) is 42.5 Å². The highest BCUT2D eigenvalue weighted by Crippen LogP contribution is 2.26. The lowest BCUT2D eigenvalue weighted by Crippen LogP contribution is -2.49. The second-order valence-corrected chi connectivity index (χ2v) is 7.50. The zero-order valence-corrected chi connectivity index (χ0v) is 15.9. The SMILES string of the molecule is CCCC(=O)c1cc(F)c(N2CCN(C(=O)c3cccs3)CC2)cc1C. The zero-order valence-electron chi connectivity index (χ0n) is 15.1. The molecule has 0 radical (unpaired) electrons. The molecule has 1 aliphatic rings. The van der Waals surface area contributed by atoms with Gasteiger partial charge in [-0.25, -0.2) is 4.39 Å². The Morgan fingerprint density at radius 3 is 2.54 bits per heavy atom. The van der Waals surface area contributed by atoms with E-state index in [1.165, 1.54) is 17.4 Å². The van der Waals surface area contributed by atoms with Crippen LogP contribution in [-0.4, -0.2) is 42.8 Å². The van der Waals surface area contributed by atoms with E-state index < -0.39 is 0 Å². The van der Waals surface area contributed by atoms with Crippen molar-refractivity contribution in [2.75, 3.05) is 31.1 Å². The smallest absolute Gasteiger partial charge is 0.264 e. The predicted molar refractivity (Wildman–Crippen MR) is 103 cm³/mol. The molecule has 1 saturated heterocycles. The maximum Gasteiger partial charge on any atom is 0.264 e. The molecule has 0 atom stereocenters. The Hall–Kier alpha value is -2.21. The summed E-state index contributed by atoms with van der Waals surface area (Å²) in [5.41, 5.74) is 1.79. The molecule has 1 aliphatic heterocycles. The Bertz CT molecular complexity index is 796. The van der Waals surface area contributed by atoms with Gasteiger partial charge in [0.2, 0.25) is 0 Å². The third-order valence-electron chi connectivity index (χ3n) is 4.71. The molecule has 0 bridgehead atoms. The van der Waals surface area contributed by atoms with Crippen molar-refractivity contribution < 1.29 is 14.0 Å². The van der Waals surface area contributed by atoms with Gasteiger partial charge in [0.15, 0.2) is 5.78 Å². The Morgan fingerprint density at radius 2 is 1.92 bits per heavy atom. The van der Waals surface area contributed by atoms with Crippen LogP contribution in [0.3, 0.4) is 0 Å². The van der Waals surface area contributed by atoms with Crippen molar-refractivity contribution in [2.24, 2.45) is 0 Å². The summed E-state index contributed by atoms with van der Waals surface area (Å²) >= 11 is 1.44. The Morgan fingerprint density at radius 1 is 1.19 bits per heavy atom. The number of amides is 1. The highest BCUT2D eigenvalue weighted by Gasteiger charge is 2.25. The van der Waals surface area contributed by atoms with E-state index in [1.54, 1.807) is 6.07 Å². The van der Waals surface area contributed by atoms with Crippen molar-refractivity contribution in [3.05, 3.63) is 51.5 Å². The number of anilines is 1. The van der Waals surface area contributed by atoms with Gasteiger partial charge in [-0.2, -0.15) is 0 Å². The lowest BCUT2D eigenvalue weighted by molar-refractivity contribution is 0.0751. The number of benzene rings is 1. The molecule has 26 heavy (non-hydrogen) atoms. The molecule has 4 nitrogen and oxygen atoms in total. The van der Waals surface area contributed by atoms with Crippen LogP contribution in [0, 0.1) is 12.7 Å². The van der Waals surface area contributed by atoms with E-state index >= 15 is 0 Å². The van der Waals surface area contributed by atoms with Gasteiger partial charge in [-0.3, -0.25) is 9.59 Å². The molecular weight excluding hydrogens is 351 g/mol. The van der Waals surface area contributed by atoms with E-state index in [-0.39, 0.29) is 17.5 Å². The molecule has 6 heteroatoms. The van der Waals surface area contributed by atoms with Crippen molar-refractivity contribution in [1.29, 1.82) is 0 Å². The molecule has 1 aromatic heterocycles. The maximum absolute atomic E-state index is 14.6. The third kappa shape index (κ3) is 3.80. The normalized spacial score (nSPS) is 14.6. The maximum atomic E-state index is 14.6. The van der Waals surface area contributed by atoms with Gasteiger partial charge in [0.1, 0.15) is 5.82 Å². The summed E-state index contributed by atoms with van der Waals surface area (Å²) in [4.78, 5) is 29.0. The van der Waals surface area contributed by atoms with Crippen LogP contribution in [0.4, 0.5) is 10.1 Å². The lowest BCUT2D eigenvalue weighted by atomic mass is 10.00. The second kappa shape index (κ2) is 7.99. The number of rotatable bonds is 5. The first kappa shape index (κ1) is 18.6. The molecule has 1 amide bonds. The average Bonchev–Trinajstić information content (AvgIpc) is 3.18. The van der Waals surface area contributed by atoms with Gasteiger partial charge in [-0.15, -0.1) is 11.3 Å². The van der Waals surface area contributed by atoms with Gasteiger partial charge in [0, 0.05) is 38.2 Å². The molecule has 138 valence electrons. The van der Waals surface area contributed by atoms with Crippen LogP contribution in [-0.2, 0) is 0 Å². The number of ketones is 1. The van der Waals surface area contributed by atoms with Crippen molar-refractivity contribution in [2.45, 2.75) is 26.7 Å². The number of Topliss-reactive ketones (excluding diaryl/α,β-unsaturated/α-hetero) is 1. The molecule has 1 aromatic carbocycles. The molecule has 3 rings (SSSR count). The quantitative estimate of drug-likeness (QED) is 0.739. The monoisotopic (exact) mass is 374 g/mol. The molecule has 0 N–H and O–H groups in total. The van der Waals surface area contributed by atoms with Crippen LogP contribution in [0.5, 0.6) is 0 Å². The van der Waals surface area contributed by atoms with Crippen molar-refractivity contribution in [3.63, 3.8) is 0 Å². The lowest BCUT2D eigenvalue weighted by Gasteiger charge is -2.36. The highest BCUT2D eigenvalue weighted by atomic mass is 32.1. The minimum absolute atomic E-state index is 0.0122. The number of piperazine rings is 1. The van der Waals surface area contributed by atoms with Gasteiger partial charge >= 0.3 is 0 Å². The molecule has 0 aliphatic carbocycles. The zero-order chi connectivity index (χ0) is 18.7. The van der Waals surface area contributed by atoms with Gasteiger partial charge in [-0.1, -0.05) is 13.0 Å². The predicted octanol–water partition coefficient (Wildman–Crippen LogP) is 4.14. The summed E-state index contributed by atoms with van der Waals surface area (Å²) in [6, 6.07) is 6.82. The number of carbonyl (C=O) groups excluding carboxylic acids is 2. The minimum Gasteiger partial charge on any atom is -0.366 e. The Balaban J connectivity index is 1.70. The number of halogens is 1. The standard InChI is InChI=1S/C20H23FN2O2S/c1-3-5-18(24)15-13-16(21)17(12-14(15)2)22-7-9-23(10-8-22)20(25)19-6-4-11-26-19/h4,6,11-13H,3,5,7-10H2,1-2H3. The average molecular weight is 374 g/mol. The molecule has 2 aromatic rings. The highest BCUT2D eigenvalue weighted by molar-refractivity contribution is 7.12. The van der Waals surface area contributed by atoms with E-state index in [0.29, 0.717) is 43.9 Å². The number of hydrogen-bond acceptors (Lipinski definition) is 4. The summed E-state index contributed by atoms with van der Waals surface area (Å²) in [5, 5.41) is 1.89. The van der Waals surface area contributed by atoms with Crippen molar-refractivity contribution >= 4 is 28.7 Å². The molecule has 1 fully saturated rings. The van der Waals surface area contributed by atoms with E-state index in [0.717, 1.165) is 16.9 Å². The second-order valence-electron chi connectivity index (χ2n) is 6.55. The fourth-order valence-electron chi connectivity index (χ4n) is 3.28. The van der Waals surface area contributed by atoms with Crippen LogP contribution in [0.2, 0.25) is 0 Å². The fourth-order valence-corrected chi connectivity index (χ4v) is 3.97. The first-order chi connectivity index (χ1) is 12.5. The molecule has 0 unspecified atom stereocenters. The summed E-state index contributed by atoms with van der Waals surface area (Å²) in [6.07, 6.45) is 1.19. The molecular formula is C20H23FN2O2S. The van der Waals surface area contributed by atoms with Gasteiger partial charge < -0.3 is 9.80 Å². The molecule has 0 spiro atoms. The van der Waals surface area contributed by atoms with E-state index in [4.69, 9.17) is 0 Å². The van der Waals surface area contributed by atoms with Crippen molar-refractivity contribution in [3.8, 4) is 0 Å². The number of nitrogens with zero attached hydrogens (tertiary/aromatic N) is 2. The summed E-state index contributed by atoms with van der Waals surface area (Å²) < 4.78 is 14.6. The summed E-state index contributed by atoms with van der Waals surface area (Å²) in [7, 11) is 0. The first-order valence-electron chi connectivity index (χ1n) is 8.92. The number of hydrogen-bond donors (Lipinski definition) is 0. The first-order valence-corrected chi connectivity index (χ1v) is 9.80. The number of thiophene rings is 1. The third-order valence-corrected chi connectivity index (χ3v) is 5.57. The van der Waals surface area contributed by atoms with Gasteiger partial charge in [0.05, 0.1) is 10.6 Å². The largest absolute Gasteiger partial charge is 0.366 e. The summed E-state index contributed by atoms with van der Waals surface area (Å²) in [6.45, 7) is 6.07. The van der Waals surface area contributed by atoms with Crippen LogP contribution < -0.4 is 4.90 Å². The molecule has 2 heterocycles.